The molecule has 0 saturated carbocycles. The molecule has 2 heterocycles. The van der Waals surface area contributed by atoms with E-state index in [9.17, 15) is 4.79 Å². The van der Waals surface area contributed by atoms with E-state index in [0.29, 0.717) is 16.6 Å². The summed E-state index contributed by atoms with van der Waals surface area (Å²) in [6.07, 6.45) is 3.15. The Morgan fingerprint density at radius 2 is 1.76 bits per heavy atom. The molecular weight excluding hydrogens is 313 g/mol. The molecule has 0 atom stereocenters. The number of rotatable bonds is 2. The molecule has 0 aliphatic carbocycles. The first-order valence-corrected chi connectivity index (χ1v) is 6.59. The number of aromatic nitrogens is 4. The van der Waals surface area contributed by atoms with Crippen molar-refractivity contribution in [2.24, 2.45) is 0 Å². The summed E-state index contributed by atoms with van der Waals surface area (Å²) in [5.41, 5.74) is 1.76. The van der Waals surface area contributed by atoms with E-state index in [1.54, 1.807) is 30.6 Å². The molecule has 1 N–H and O–H groups in total. The maximum absolute atomic E-state index is 12.2. The third-order valence-electron chi connectivity index (χ3n) is 2.64. The Labute approximate surface area is 129 Å². The topological polar surface area (TPSA) is 80.7 Å². The van der Waals surface area contributed by atoms with Crippen molar-refractivity contribution >= 4 is 46.0 Å². The number of anilines is 1. The van der Waals surface area contributed by atoms with E-state index < -0.39 is 0 Å². The molecule has 21 heavy (non-hydrogen) atoms. The normalized spacial score (nSPS) is 10.6. The molecule has 0 aliphatic rings. The van der Waals surface area contributed by atoms with Gasteiger partial charge in [-0.25, -0.2) is 9.97 Å². The van der Waals surface area contributed by atoms with Gasteiger partial charge in [-0.3, -0.25) is 14.8 Å². The van der Waals surface area contributed by atoms with E-state index in [4.69, 9.17) is 23.2 Å². The van der Waals surface area contributed by atoms with Crippen LogP contribution in [-0.4, -0.2) is 25.8 Å². The Bertz CT molecular complexity index is 819. The van der Waals surface area contributed by atoms with Gasteiger partial charge in [0.15, 0.2) is 0 Å². The quantitative estimate of drug-likeness (QED) is 0.580. The van der Waals surface area contributed by atoms with Gasteiger partial charge in [-0.05, 0) is 29.8 Å². The Hall–Kier alpha value is -2.31. The van der Waals surface area contributed by atoms with Crippen molar-refractivity contribution in [1.82, 2.24) is 19.9 Å². The summed E-state index contributed by atoms with van der Waals surface area (Å²) in [6, 6.07) is 6.42. The van der Waals surface area contributed by atoms with Crippen LogP contribution < -0.4 is 5.32 Å². The highest BCUT2D eigenvalue weighted by molar-refractivity contribution is 6.32. The first-order chi connectivity index (χ1) is 10.1. The Kier molecular flexibility index (Phi) is 3.64. The third kappa shape index (κ3) is 3.07. The lowest BCUT2D eigenvalue weighted by Crippen LogP contribution is -2.13. The summed E-state index contributed by atoms with van der Waals surface area (Å²) in [7, 11) is 0. The molecule has 3 aromatic rings. The second-order valence-electron chi connectivity index (χ2n) is 4.06. The van der Waals surface area contributed by atoms with Gasteiger partial charge in [-0.2, -0.15) is 0 Å². The fraction of sp³-hybridized carbons (Fsp3) is 0. The monoisotopic (exact) mass is 319 g/mol. The largest absolute Gasteiger partial charge is 0.306 e. The molecule has 0 saturated heterocycles. The number of halogens is 2. The van der Waals surface area contributed by atoms with Crippen LogP contribution >= 0.6 is 23.2 Å². The summed E-state index contributed by atoms with van der Waals surface area (Å²) >= 11 is 11.4. The van der Waals surface area contributed by atoms with Crippen LogP contribution in [0.3, 0.4) is 0 Å². The summed E-state index contributed by atoms with van der Waals surface area (Å²) in [5, 5.41) is 2.71. The fourth-order valence-corrected chi connectivity index (χ4v) is 2.16. The van der Waals surface area contributed by atoms with Crippen molar-refractivity contribution in [3.8, 4) is 0 Å². The van der Waals surface area contributed by atoms with Crippen LogP contribution in [0.15, 0.2) is 36.7 Å². The van der Waals surface area contributed by atoms with Gasteiger partial charge >= 0.3 is 0 Å². The predicted octanol–water partition coefficient (Wildman–Crippen LogP) is 2.98. The van der Waals surface area contributed by atoms with E-state index in [-0.39, 0.29) is 22.2 Å². The highest BCUT2D eigenvalue weighted by Crippen LogP contribution is 2.16. The zero-order valence-electron chi connectivity index (χ0n) is 10.4. The molecule has 0 spiro atoms. The predicted molar refractivity (Wildman–Crippen MR) is 79.5 cm³/mol. The minimum absolute atomic E-state index is 0.0396. The van der Waals surface area contributed by atoms with E-state index in [0.717, 1.165) is 0 Å². The standard InChI is InChI=1S/C13H7Cl2N5O/c14-10-6-11(20-13(15)18-10)19-12(21)7-1-2-8-9(5-7)17-4-3-16-8/h1-6H,(H,18,19,20,21). The molecule has 0 fully saturated rings. The van der Waals surface area contributed by atoms with Crippen molar-refractivity contribution in [3.05, 3.63) is 52.7 Å². The number of carbonyl (C=O) groups is 1. The second kappa shape index (κ2) is 5.59. The van der Waals surface area contributed by atoms with E-state index in [1.807, 2.05) is 0 Å². The lowest BCUT2D eigenvalue weighted by atomic mass is 10.2. The number of hydrogen-bond acceptors (Lipinski definition) is 5. The van der Waals surface area contributed by atoms with Gasteiger partial charge in [0.1, 0.15) is 11.0 Å². The zero-order valence-corrected chi connectivity index (χ0v) is 11.9. The minimum Gasteiger partial charge on any atom is -0.306 e. The SMILES string of the molecule is O=C(Nc1cc(Cl)nc(Cl)n1)c1ccc2nccnc2c1. The van der Waals surface area contributed by atoms with Crippen molar-refractivity contribution in [2.45, 2.75) is 0 Å². The molecule has 0 bridgehead atoms. The second-order valence-corrected chi connectivity index (χ2v) is 4.78. The first-order valence-electron chi connectivity index (χ1n) is 5.84. The minimum atomic E-state index is -0.353. The average molecular weight is 320 g/mol. The van der Waals surface area contributed by atoms with Crippen LogP contribution in [0.2, 0.25) is 10.4 Å². The molecule has 3 rings (SSSR count). The lowest BCUT2D eigenvalue weighted by Gasteiger charge is -2.05. The van der Waals surface area contributed by atoms with Gasteiger partial charge in [-0.15, -0.1) is 0 Å². The molecule has 104 valence electrons. The number of nitrogens with zero attached hydrogens (tertiary/aromatic N) is 4. The molecular formula is C13H7Cl2N5O. The van der Waals surface area contributed by atoms with Crippen LogP contribution in [0.1, 0.15) is 10.4 Å². The van der Waals surface area contributed by atoms with Crippen LogP contribution in [0.25, 0.3) is 11.0 Å². The molecule has 6 nitrogen and oxygen atoms in total. The number of carbonyl (C=O) groups excluding carboxylic acids is 1. The maximum Gasteiger partial charge on any atom is 0.256 e. The lowest BCUT2D eigenvalue weighted by molar-refractivity contribution is 0.102. The van der Waals surface area contributed by atoms with Crippen molar-refractivity contribution in [1.29, 1.82) is 0 Å². The van der Waals surface area contributed by atoms with Gasteiger partial charge in [0.25, 0.3) is 5.91 Å². The smallest absolute Gasteiger partial charge is 0.256 e. The number of benzene rings is 1. The highest BCUT2D eigenvalue weighted by Gasteiger charge is 2.10. The van der Waals surface area contributed by atoms with Crippen LogP contribution in [0, 0.1) is 0 Å². The first kappa shape index (κ1) is 13.7. The molecule has 0 radical (unpaired) electrons. The van der Waals surface area contributed by atoms with Gasteiger partial charge in [0, 0.05) is 24.0 Å². The van der Waals surface area contributed by atoms with Gasteiger partial charge in [-0.1, -0.05) is 11.6 Å². The molecule has 0 unspecified atom stereocenters. The van der Waals surface area contributed by atoms with Gasteiger partial charge in [0.05, 0.1) is 11.0 Å². The Morgan fingerprint density at radius 1 is 1.00 bits per heavy atom. The summed E-state index contributed by atoms with van der Waals surface area (Å²) < 4.78 is 0. The molecule has 8 heteroatoms. The van der Waals surface area contributed by atoms with E-state index >= 15 is 0 Å². The molecule has 2 aromatic heterocycles. The van der Waals surface area contributed by atoms with Crippen LogP contribution in [0.5, 0.6) is 0 Å². The van der Waals surface area contributed by atoms with E-state index in [1.165, 1.54) is 6.07 Å². The van der Waals surface area contributed by atoms with Gasteiger partial charge < -0.3 is 5.32 Å². The number of fused-ring (bicyclic) bond motifs is 1. The summed E-state index contributed by atoms with van der Waals surface area (Å²) in [4.78, 5) is 28.0. The Morgan fingerprint density at radius 3 is 2.52 bits per heavy atom. The van der Waals surface area contributed by atoms with Crippen molar-refractivity contribution in [3.63, 3.8) is 0 Å². The van der Waals surface area contributed by atoms with Crippen molar-refractivity contribution < 1.29 is 4.79 Å². The maximum atomic E-state index is 12.2. The summed E-state index contributed by atoms with van der Waals surface area (Å²) in [5.74, 6) is -0.127. The number of hydrogen-bond donors (Lipinski definition) is 1. The third-order valence-corrected chi connectivity index (χ3v) is 3.00. The van der Waals surface area contributed by atoms with Crippen LogP contribution in [-0.2, 0) is 0 Å². The number of amides is 1. The summed E-state index contributed by atoms with van der Waals surface area (Å²) in [6.45, 7) is 0. The molecule has 1 aromatic carbocycles. The van der Waals surface area contributed by atoms with Crippen molar-refractivity contribution in [2.75, 3.05) is 5.32 Å². The van der Waals surface area contributed by atoms with E-state index in [2.05, 4.69) is 25.3 Å². The molecule has 1 amide bonds. The Balaban J connectivity index is 1.89. The number of nitrogens with one attached hydrogen (secondary N) is 1. The average Bonchev–Trinajstić information content (AvgIpc) is 2.45. The fourth-order valence-electron chi connectivity index (χ4n) is 1.75. The molecule has 0 aliphatic heterocycles. The van der Waals surface area contributed by atoms with Gasteiger partial charge in [0.2, 0.25) is 5.28 Å². The zero-order chi connectivity index (χ0) is 14.8. The highest BCUT2D eigenvalue weighted by atomic mass is 35.5. The van der Waals surface area contributed by atoms with Crippen LogP contribution in [0.4, 0.5) is 5.82 Å².